The predicted molar refractivity (Wildman–Crippen MR) is 70.9 cm³/mol. The summed E-state index contributed by atoms with van der Waals surface area (Å²) in [6.45, 7) is 4.21. The number of thioether (sulfide) groups is 1. The fourth-order valence-corrected chi connectivity index (χ4v) is 2.72. The summed E-state index contributed by atoms with van der Waals surface area (Å²) in [7, 11) is -3.65. The molecule has 0 aliphatic heterocycles. The van der Waals surface area contributed by atoms with E-state index in [0.29, 0.717) is 6.54 Å². The van der Waals surface area contributed by atoms with Gasteiger partial charge in [-0.25, -0.2) is 13.1 Å². The maximum Gasteiger partial charge on any atom is 0.244 e. The van der Waals surface area contributed by atoms with Gasteiger partial charge >= 0.3 is 0 Å². The van der Waals surface area contributed by atoms with Gasteiger partial charge in [-0.2, -0.15) is 11.8 Å². The Labute approximate surface area is 106 Å². The Bertz CT molecular complexity index is 483. The molecule has 2 N–H and O–H groups in total. The Balaban J connectivity index is 2.88. The van der Waals surface area contributed by atoms with E-state index in [0.717, 1.165) is 0 Å². The van der Waals surface area contributed by atoms with Crippen LogP contribution >= 0.6 is 11.8 Å². The van der Waals surface area contributed by atoms with Crippen molar-refractivity contribution in [2.75, 3.05) is 12.8 Å². The van der Waals surface area contributed by atoms with E-state index in [2.05, 4.69) is 4.72 Å². The molecule has 1 aromatic carbocycles. The van der Waals surface area contributed by atoms with Crippen molar-refractivity contribution in [1.29, 1.82) is 0 Å². The summed E-state index contributed by atoms with van der Waals surface area (Å²) in [5.41, 5.74) is 0. The van der Waals surface area contributed by atoms with Crippen molar-refractivity contribution in [3.8, 4) is 5.75 Å². The molecule has 0 amide bonds. The summed E-state index contributed by atoms with van der Waals surface area (Å²) < 4.78 is 26.2. The lowest BCUT2D eigenvalue weighted by atomic mass is 10.2. The second-order valence-corrected chi connectivity index (χ2v) is 7.50. The van der Waals surface area contributed by atoms with Gasteiger partial charge < -0.3 is 5.11 Å². The number of hydrogen-bond donors (Lipinski definition) is 2. The average Bonchev–Trinajstić information content (AvgIpc) is 2.27. The Morgan fingerprint density at radius 2 is 1.94 bits per heavy atom. The van der Waals surface area contributed by atoms with Crippen LogP contribution in [0.5, 0.6) is 5.75 Å². The first-order valence-corrected chi connectivity index (χ1v) is 7.82. The summed E-state index contributed by atoms with van der Waals surface area (Å²) in [6.07, 6.45) is 1.92. The number of benzene rings is 1. The highest BCUT2D eigenvalue weighted by molar-refractivity contribution is 8.00. The van der Waals surface area contributed by atoms with Gasteiger partial charge in [0.05, 0.1) is 0 Å². The summed E-state index contributed by atoms with van der Waals surface area (Å²) in [5, 5.41) is 9.51. The molecule has 1 aromatic rings. The molecule has 0 saturated carbocycles. The standard InChI is InChI=1S/C11H17NO3S2/c1-11(2,16-3)8-12-17(14,15)10-7-5-4-6-9(10)13/h4-7,12-13H,8H2,1-3H3. The number of para-hydroxylation sites is 1. The Hall–Kier alpha value is -0.720. The maximum atomic E-state index is 11.9. The molecule has 4 nitrogen and oxygen atoms in total. The molecule has 0 spiro atoms. The second kappa shape index (κ2) is 5.29. The number of nitrogens with one attached hydrogen (secondary N) is 1. The normalized spacial score (nSPS) is 12.6. The average molecular weight is 275 g/mol. The highest BCUT2D eigenvalue weighted by Crippen LogP contribution is 2.23. The highest BCUT2D eigenvalue weighted by Gasteiger charge is 2.23. The molecule has 0 atom stereocenters. The van der Waals surface area contributed by atoms with Gasteiger partial charge in [0.15, 0.2) is 0 Å². The molecular weight excluding hydrogens is 258 g/mol. The predicted octanol–water partition coefficient (Wildman–Crippen LogP) is 1.81. The second-order valence-electron chi connectivity index (χ2n) is 4.26. The molecule has 0 fully saturated rings. The molecule has 17 heavy (non-hydrogen) atoms. The summed E-state index contributed by atoms with van der Waals surface area (Å²) in [4.78, 5) is -0.0862. The summed E-state index contributed by atoms with van der Waals surface area (Å²) in [5.74, 6) is -0.234. The molecule has 0 aromatic heterocycles. The molecule has 0 radical (unpaired) electrons. The van der Waals surface area contributed by atoms with Crippen LogP contribution in [0.3, 0.4) is 0 Å². The molecule has 0 aliphatic rings. The zero-order chi connectivity index (χ0) is 13.1. The van der Waals surface area contributed by atoms with Crippen LogP contribution in [0.15, 0.2) is 29.2 Å². The first-order chi connectivity index (χ1) is 7.78. The molecule has 0 heterocycles. The maximum absolute atomic E-state index is 11.9. The fraction of sp³-hybridized carbons (Fsp3) is 0.455. The van der Waals surface area contributed by atoms with E-state index in [1.165, 1.54) is 12.1 Å². The lowest BCUT2D eigenvalue weighted by molar-refractivity contribution is 0.457. The van der Waals surface area contributed by atoms with Crippen molar-refractivity contribution >= 4 is 21.8 Å². The topological polar surface area (TPSA) is 66.4 Å². The van der Waals surface area contributed by atoms with Crippen LogP contribution < -0.4 is 4.72 Å². The third-order valence-electron chi connectivity index (χ3n) is 2.40. The Kier molecular flexibility index (Phi) is 4.46. The van der Waals surface area contributed by atoms with E-state index in [1.807, 2.05) is 20.1 Å². The zero-order valence-corrected chi connectivity index (χ0v) is 11.7. The number of phenolic OH excluding ortho intramolecular Hbond substituents is 1. The molecule has 1 rings (SSSR count). The fourth-order valence-electron chi connectivity index (χ4n) is 1.10. The molecule has 0 bridgehead atoms. The largest absolute Gasteiger partial charge is 0.507 e. The minimum Gasteiger partial charge on any atom is -0.507 e. The van der Waals surface area contributed by atoms with Crippen molar-refractivity contribution in [2.45, 2.75) is 23.5 Å². The Morgan fingerprint density at radius 3 is 2.47 bits per heavy atom. The van der Waals surface area contributed by atoms with Crippen LogP contribution in [0.2, 0.25) is 0 Å². The first-order valence-electron chi connectivity index (χ1n) is 5.11. The van der Waals surface area contributed by atoms with Crippen molar-refractivity contribution in [3.05, 3.63) is 24.3 Å². The molecular formula is C11H17NO3S2. The molecule has 0 unspecified atom stereocenters. The van der Waals surface area contributed by atoms with Crippen molar-refractivity contribution in [2.24, 2.45) is 0 Å². The highest BCUT2D eigenvalue weighted by atomic mass is 32.2. The summed E-state index contributed by atoms with van der Waals surface area (Å²) >= 11 is 1.58. The van der Waals surface area contributed by atoms with E-state index in [4.69, 9.17) is 0 Å². The van der Waals surface area contributed by atoms with E-state index in [-0.39, 0.29) is 15.4 Å². The van der Waals surface area contributed by atoms with Crippen LogP contribution in [0.25, 0.3) is 0 Å². The minimum atomic E-state index is -3.65. The third-order valence-corrected chi connectivity index (χ3v) is 5.09. The molecule has 96 valence electrons. The van der Waals surface area contributed by atoms with E-state index in [9.17, 15) is 13.5 Å². The van der Waals surface area contributed by atoms with Crippen molar-refractivity contribution in [1.82, 2.24) is 4.72 Å². The number of rotatable bonds is 5. The number of phenols is 1. The lowest BCUT2D eigenvalue weighted by Gasteiger charge is -2.22. The summed E-state index contributed by atoms with van der Waals surface area (Å²) in [6, 6.07) is 5.90. The van der Waals surface area contributed by atoms with Crippen LogP contribution in [-0.4, -0.2) is 31.1 Å². The van der Waals surface area contributed by atoms with Gasteiger partial charge in [-0.3, -0.25) is 0 Å². The Morgan fingerprint density at radius 1 is 1.35 bits per heavy atom. The van der Waals surface area contributed by atoms with Crippen molar-refractivity contribution in [3.63, 3.8) is 0 Å². The van der Waals surface area contributed by atoms with Gasteiger partial charge in [0.2, 0.25) is 10.0 Å². The first kappa shape index (κ1) is 14.3. The van der Waals surface area contributed by atoms with Gasteiger partial charge in [0, 0.05) is 11.3 Å². The van der Waals surface area contributed by atoms with Crippen LogP contribution in [0.4, 0.5) is 0 Å². The number of sulfonamides is 1. The SMILES string of the molecule is CSC(C)(C)CNS(=O)(=O)c1ccccc1O. The molecule has 0 aliphatic carbocycles. The number of aromatic hydroxyl groups is 1. The quantitative estimate of drug-likeness (QED) is 0.860. The number of hydrogen-bond acceptors (Lipinski definition) is 4. The third kappa shape index (κ3) is 3.90. The lowest BCUT2D eigenvalue weighted by Crippen LogP contribution is -2.36. The van der Waals surface area contributed by atoms with E-state index >= 15 is 0 Å². The molecule has 6 heteroatoms. The van der Waals surface area contributed by atoms with Crippen LogP contribution in [-0.2, 0) is 10.0 Å². The van der Waals surface area contributed by atoms with Gasteiger partial charge in [-0.15, -0.1) is 0 Å². The molecule has 0 saturated heterocycles. The smallest absolute Gasteiger partial charge is 0.244 e. The monoisotopic (exact) mass is 275 g/mol. The zero-order valence-electron chi connectivity index (χ0n) is 10.1. The van der Waals surface area contributed by atoms with Gasteiger partial charge in [0.1, 0.15) is 10.6 Å². The minimum absolute atomic E-state index is 0.0862. The van der Waals surface area contributed by atoms with Gasteiger partial charge in [-0.05, 0) is 32.2 Å². The van der Waals surface area contributed by atoms with Crippen LogP contribution in [0.1, 0.15) is 13.8 Å². The van der Waals surface area contributed by atoms with Gasteiger partial charge in [0.25, 0.3) is 0 Å². The van der Waals surface area contributed by atoms with Crippen molar-refractivity contribution < 1.29 is 13.5 Å². The van der Waals surface area contributed by atoms with Gasteiger partial charge in [-0.1, -0.05) is 12.1 Å². The van der Waals surface area contributed by atoms with E-state index < -0.39 is 10.0 Å². The van der Waals surface area contributed by atoms with E-state index in [1.54, 1.807) is 23.9 Å². The van der Waals surface area contributed by atoms with Crippen LogP contribution in [0, 0.1) is 0 Å².